The second-order valence-corrected chi connectivity index (χ2v) is 6.02. The number of nitro groups is 1. The van der Waals surface area contributed by atoms with E-state index in [4.69, 9.17) is 4.74 Å². The summed E-state index contributed by atoms with van der Waals surface area (Å²) in [4.78, 5) is 24.3. The van der Waals surface area contributed by atoms with Crippen molar-refractivity contribution in [3.8, 4) is 5.75 Å². The van der Waals surface area contributed by atoms with Crippen molar-refractivity contribution < 1.29 is 18.8 Å². The molecular formula is C17H17FN6O4. The molecule has 1 amide bonds. The second-order valence-electron chi connectivity index (χ2n) is 6.02. The Hall–Kier alpha value is -3.76. The van der Waals surface area contributed by atoms with Crippen LogP contribution in [0.1, 0.15) is 16.2 Å². The summed E-state index contributed by atoms with van der Waals surface area (Å²) < 4.78 is 21.6. The zero-order chi connectivity index (χ0) is 20.3. The van der Waals surface area contributed by atoms with Crippen molar-refractivity contribution in [3.05, 3.63) is 70.0 Å². The number of nitrogens with zero attached hydrogens (tertiary/aromatic N) is 6. The van der Waals surface area contributed by atoms with E-state index in [-0.39, 0.29) is 29.8 Å². The summed E-state index contributed by atoms with van der Waals surface area (Å²) in [5.41, 5.74) is 0.551. The van der Waals surface area contributed by atoms with Gasteiger partial charge in [0.2, 0.25) is 5.75 Å². The van der Waals surface area contributed by atoms with Crippen molar-refractivity contribution in [3.63, 3.8) is 0 Å². The highest BCUT2D eigenvalue weighted by Gasteiger charge is 2.18. The number of benzene rings is 1. The molecule has 11 heteroatoms. The van der Waals surface area contributed by atoms with Gasteiger partial charge in [-0.2, -0.15) is 10.2 Å². The Balaban J connectivity index is 1.65. The maximum atomic E-state index is 13.3. The third-order valence-electron chi connectivity index (χ3n) is 3.85. The molecule has 0 saturated carbocycles. The van der Waals surface area contributed by atoms with E-state index < -0.39 is 10.7 Å². The largest absolute Gasteiger partial charge is 0.464 e. The van der Waals surface area contributed by atoms with Crippen LogP contribution in [-0.4, -0.2) is 42.3 Å². The minimum Gasteiger partial charge on any atom is -0.464 e. The number of carbonyl (C=O) groups is 1. The molecule has 1 aromatic carbocycles. The van der Waals surface area contributed by atoms with Crippen LogP contribution in [0.3, 0.4) is 0 Å². The van der Waals surface area contributed by atoms with Crippen LogP contribution in [0.4, 0.5) is 10.1 Å². The minimum atomic E-state index is -0.667. The Morgan fingerprint density at radius 3 is 2.75 bits per heavy atom. The maximum Gasteiger partial charge on any atom is 0.311 e. The van der Waals surface area contributed by atoms with Gasteiger partial charge in [-0.3, -0.25) is 19.6 Å². The van der Waals surface area contributed by atoms with Gasteiger partial charge >= 0.3 is 5.69 Å². The molecule has 0 unspecified atom stereocenters. The normalized spacial score (nSPS) is 10.7. The SMILES string of the molecule is CN(Cc1ccn(C)n1)C(=O)c1ccn(COc2cc(F)ccc2[N+](=O)[O-])n1. The number of hydrogen-bond acceptors (Lipinski definition) is 6. The van der Waals surface area contributed by atoms with Gasteiger partial charge in [0.25, 0.3) is 5.91 Å². The fourth-order valence-corrected chi connectivity index (χ4v) is 2.50. The molecule has 0 aliphatic heterocycles. The first-order valence-electron chi connectivity index (χ1n) is 8.17. The summed E-state index contributed by atoms with van der Waals surface area (Å²) in [5, 5.41) is 19.3. The molecule has 0 fully saturated rings. The average molecular weight is 388 g/mol. The van der Waals surface area contributed by atoms with Crippen LogP contribution in [0.5, 0.6) is 5.75 Å². The smallest absolute Gasteiger partial charge is 0.311 e. The lowest BCUT2D eigenvalue weighted by molar-refractivity contribution is -0.386. The van der Waals surface area contributed by atoms with Crippen molar-refractivity contribution in [1.29, 1.82) is 0 Å². The molecule has 28 heavy (non-hydrogen) atoms. The van der Waals surface area contributed by atoms with Crippen LogP contribution in [0.15, 0.2) is 42.7 Å². The molecule has 0 aliphatic rings. The average Bonchev–Trinajstić information content (AvgIpc) is 3.28. The number of nitro benzene ring substituents is 1. The Morgan fingerprint density at radius 1 is 1.29 bits per heavy atom. The molecule has 0 aliphatic carbocycles. The molecule has 0 saturated heterocycles. The summed E-state index contributed by atoms with van der Waals surface area (Å²) in [7, 11) is 3.42. The highest BCUT2D eigenvalue weighted by molar-refractivity contribution is 5.91. The van der Waals surface area contributed by atoms with E-state index in [9.17, 15) is 19.3 Å². The molecule has 2 aromatic heterocycles. The van der Waals surface area contributed by atoms with Gasteiger partial charge in [-0.05, 0) is 18.2 Å². The lowest BCUT2D eigenvalue weighted by Gasteiger charge is -2.14. The summed E-state index contributed by atoms with van der Waals surface area (Å²) in [6.07, 6.45) is 3.28. The molecule has 0 atom stereocenters. The van der Waals surface area contributed by atoms with Gasteiger partial charge in [0.1, 0.15) is 5.82 Å². The van der Waals surface area contributed by atoms with Crippen LogP contribution < -0.4 is 4.74 Å². The number of hydrogen-bond donors (Lipinski definition) is 0. The predicted octanol–water partition coefficient (Wildman–Crippen LogP) is 1.97. The number of ether oxygens (including phenoxy) is 1. The number of halogens is 1. The zero-order valence-corrected chi connectivity index (χ0v) is 15.1. The third kappa shape index (κ3) is 4.31. The topological polar surface area (TPSA) is 108 Å². The van der Waals surface area contributed by atoms with E-state index in [1.807, 2.05) is 6.07 Å². The maximum absolute atomic E-state index is 13.3. The van der Waals surface area contributed by atoms with Gasteiger partial charge in [0.15, 0.2) is 12.4 Å². The molecule has 3 rings (SSSR count). The first-order chi connectivity index (χ1) is 13.3. The van der Waals surface area contributed by atoms with Crippen LogP contribution >= 0.6 is 0 Å². The lowest BCUT2D eigenvalue weighted by Crippen LogP contribution is -2.27. The molecule has 0 bridgehead atoms. The van der Waals surface area contributed by atoms with Crippen LogP contribution in [0.25, 0.3) is 0 Å². The highest BCUT2D eigenvalue weighted by atomic mass is 19.1. The highest BCUT2D eigenvalue weighted by Crippen LogP contribution is 2.27. The van der Waals surface area contributed by atoms with Crippen molar-refractivity contribution in [1.82, 2.24) is 24.5 Å². The van der Waals surface area contributed by atoms with Gasteiger partial charge in [-0.15, -0.1) is 0 Å². The number of rotatable bonds is 7. The summed E-state index contributed by atoms with van der Waals surface area (Å²) in [6, 6.07) is 6.24. The molecule has 10 nitrogen and oxygen atoms in total. The minimum absolute atomic E-state index is 0.177. The van der Waals surface area contributed by atoms with Crippen molar-refractivity contribution in [2.75, 3.05) is 7.05 Å². The molecule has 3 aromatic rings. The van der Waals surface area contributed by atoms with Gasteiger partial charge in [0.05, 0.1) is 17.2 Å². The number of aryl methyl sites for hydroxylation is 1. The fourth-order valence-electron chi connectivity index (χ4n) is 2.50. The quantitative estimate of drug-likeness (QED) is 0.452. The molecule has 146 valence electrons. The summed E-state index contributed by atoms with van der Waals surface area (Å²) >= 11 is 0. The van der Waals surface area contributed by atoms with Crippen molar-refractivity contribution in [2.45, 2.75) is 13.3 Å². The number of carbonyl (C=O) groups excluding carboxylic acids is 1. The number of amides is 1. The van der Waals surface area contributed by atoms with Gasteiger partial charge in [0, 0.05) is 38.6 Å². The Labute approximate surface area is 158 Å². The monoisotopic (exact) mass is 388 g/mol. The Bertz CT molecular complexity index is 1010. The van der Waals surface area contributed by atoms with Crippen LogP contribution in [0, 0.1) is 15.9 Å². The van der Waals surface area contributed by atoms with E-state index >= 15 is 0 Å². The van der Waals surface area contributed by atoms with E-state index in [1.165, 1.54) is 21.8 Å². The molecule has 0 radical (unpaired) electrons. The predicted molar refractivity (Wildman–Crippen MR) is 94.9 cm³/mol. The zero-order valence-electron chi connectivity index (χ0n) is 15.1. The van der Waals surface area contributed by atoms with E-state index in [0.29, 0.717) is 6.54 Å². The fraction of sp³-hybridized carbons (Fsp3) is 0.235. The Morgan fingerprint density at radius 2 is 2.07 bits per heavy atom. The summed E-state index contributed by atoms with van der Waals surface area (Å²) in [5.74, 6) is -1.20. The molecule has 0 spiro atoms. The van der Waals surface area contributed by atoms with E-state index in [0.717, 1.165) is 23.9 Å². The number of aromatic nitrogens is 4. The first-order valence-corrected chi connectivity index (χ1v) is 8.17. The molecular weight excluding hydrogens is 371 g/mol. The van der Waals surface area contributed by atoms with Crippen LogP contribution in [0.2, 0.25) is 0 Å². The van der Waals surface area contributed by atoms with E-state index in [2.05, 4.69) is 10.2 Å². The van der Waals surface area contributed by atoms with Gasteiger partial charge in [-0.1, -0.05) is 0 Å². The molecule has 2 heterocycles. The van der Waals surface area contributed by atoms with Gasteiger partial charge in [-0.25, -0.2) is 9.07 Å². The van der Waals surface area contributed by atoms with E-state index in [1.54, 1.807) is 25.0 Å². The van der Waals surface area contributed by atoms with Crippen LogP contribution in [-0.2, 0) is 20.3 Å². The summed E-state index contributed by atoms with van der Waals surface area (Å²) in [6.45, 7) is 0.0973. The standard InChI is InChI=1S/C17H17FN6O4/c1-21(10-13-5-7-22(2)19-13)17(25)14-6-8-23(20-14)11-28-16-9-12(18)3-4-15(16)24(26)27/h3-9H,10-11H2,1-2H3. The van der Waals surface area contributed by atoms with Crippen molar-refractivity contribution >= 4 is 11.6 Å². The first kappa shape index (κ1) is 19.0. The second kappa shape index (κ2) is 7.86. The molecule has 0 N–H and O–H groups in total. The van der Waals surface area contributed by atoms with Gasteiger partial charge < -0.3 is 9.64 Å². The van der Waals surface area contributed by atoms with Crippen molar-refractivity contribution in [2.24, 2.45) is 7.05 Å². The lowest BCUT2D eigenvalue weighted by atomic mass is 10.3. The third-order valence-corrected chi connectivity index (χ3v) is 3.85. The Kier molecular flexibility index (Phi) is 5.34.